The molecule has 2 aliphatic heterocycles. The van der Waals surface area contributed by atoms with Gasteiger partial charge in [0.05, 0.1) is 15.5 Å². The van der Waals surface area contributed by atoms with Crippen LogP contribution in [0.25, 0.3) is 0 Å². The average molecular weight is 687 g/mol. The minimum absolute atomic E-state index is 0.0656. The molecule has 2 amide bonds. The van der Waals surface area contributed by atoms with Crippen LogP contribution in [-0.4, -0.2) is 59.6 Å². The minimum atomic E-state index is -5.63. The number of nitrogens with zero attached hydrogens (tertiary/aromatic N) is 2. The fraction of sp³-hybridized carbons (Fsp3) is 0.576. The number of carbonyl (C=O) groups excluding carboxylic acids is 2. The van der Waals surface area contributed by atoms with Crippen molar-refractivity contribution in [1.82, 2.24) is 4.90 Å². The lowest BCUT2D eigenvalue weighted by Crippen LogP contribution is -2.51. The number of amides is 2. The maximum atomic E-state index is 14.6. The van der Waals surface area contributed by atoms with Crippen molar-refractivity contribution < 1.29 is 44.9 Å². The van der Waals surface area contributed by atoms with Crippen LogP contribution in [0.15, 0.2) is 58.6 Å². The van der Waals surface area contributed by atoms with Crippen molar-refractivity contribution >= 4 is 22.6 Å². The van der Waals surface area contributed by atoms with Crippen molar-refractivity contribution in [2.24, 2.45) is 17.0 Å². The molecule has 1 saturated carbocycles. The van der Waals surface area contributed by atoms with Crippen molar-refractivity contribution in [3.63, 3.8) is 0 Å². The fourth-order valence-corrected chi connectivity index (χ4v) is 8.92. The molecule has 1 aliphatic carbocycles. The van der Waals surface area contributed by atoms with Crippen LogP contribution in [0.2, 0.25) is 0 Å². The van der Waals surface area contributed by atoms with E-state index >= 15 is 0 Å². The highest BCUT2D eigenvalue weighted by Crippen LogP contribution is 2.52. The summed E-state index contributed by atoms with van der Waals surface area (Å²) in [5, 5.41) is 2.50. The number of carbonyl (C=O) groups is 2. The highest BCUT2D eigenvalue weighted by molar-refractivity contribution is 7.86. The van der Waals surface area contributed by atoms with Gasteiger partial charge in [0.1, 0.15) is 0 Å². The van der Waals surface area contributed by atoms with Crippen LogP contribution in [0.3, 0.4) is 0 Å². The quantitative estimate of drug-likeness (QED) is 0.225. The van der Waals surface area contributed by atoms with E-state index in [0.29, 0.717) is 43.8 Å². The summed E-state index contributed by atoms with van der Waals surface area (Å²) in [6, 6.07) is 11.1. The first-order chi connectivity index (χ1) is 22.1. The molecule has 256 valence electrons. The zero-order chi connectivity index (χ0) is 34.2. The van der Waals surface area contributed by atoms with Crippen molar-refractivity contribution in [2.75, 3.05) is 26.3 Å². The number of rotatable bonds is 7. The molecule has 3 aliphatic rings. The number of benzene rings is 2. The van der Waals surface area contributed by atoms with Crippen LogP contribution in [0.1, 0.15) is 74.5 Å². The van der Waals surface area contributed by atoms with Gasteiger partial charge in [0.15, 0.2) is 5.41 Å². The smallest absolute Gasteiger partial charge is 0.381 e. The molecule has 2 aromatic carbocycles. The standard InChI is InChI=1S/C33H36F6N2O5S/c1-30(32(34,35)36,33(37,38)39)25-9-11-26(12-10-25)31(47(45)27-4-2-3-24(19-27)21-13-17-46-18-14-21)15-16-41(20-31)29(43)23-7-5-22(6-8-23)28(42)40-44/h2-4,9-12,19,21-23H,5-8,13-18,20H2,1H3. The van der Waals surface area contributed by atoms with Crippen LogP contribution in [0.5, 0.6) is 0 Å². The molecular formula is C33H36F6N2O5S. The third-order valence-corrected chi connectivity index (χ3v) is 12.3. The second-order valence-electron chi connectivity index (χ2n) is 12.9. The van der Waals surface area contributed by atoms with Crippen LogP contribution >= 0.6 is 0 Å². The third-order valence-electron chi connectivity index (χ3n) is 10.3. The fourth-order valence-electron chi connectivity index (χ4n) is 7.12. The molecule has 2 aromatic rings. The maximum Gasteiger partial charge on any atom is 0.406 e. The molecule has 0 aromatic heterocycles. The van der Waals surface area contributed by atoms with Crippen LogP contribution < -0.4 is 0 Å². The Morgan fingerprint density at radius 1 is 0.894 bits per heavy atom. The molecule has 2 heterocycles. The van der Waals surface area contributed by atoms with Gasteiger partial charge in [0, 0.05) is 48.2 Å². The van der Waals surface area contributed by atoms with Crippen molar-refractivity contribution in [3.8, 4) is 0 Å². The summed E-state index contributed by atoms with van der Waals surface area (Å²) in [4.78, 5) is 38.1. The summed E-state index contributed by atoms with van der Waals surface area (Å²) in [5.74, 6) is -1.79. The molecule has 5 rings (SSSR count). The van der Waals surface area contributed by atoms with Crippen LogP contribution in [0.4, 0.5) is 26.3 Å². The van der Waals surface area contributed by atoms with Crippen molar-refractivity contribution in [3.05, 3.63) is 70.1 Å². The van der Waals surface area contributed by atoms with Crippen molar-refractivity contribution in [2.45, 2.75) is 85.2 Å². The summed E-state index contributed by atoms with van der Waals surface area (Å²) in [5.41, 5.74) is -3.90. The molecule has 2 saturated heterocycles. The van der Waals surface area contributed by atoms with E-state index in [-0.39, 0.29) is 43.8 Å². The Morgan fingerprint density at radius 2 is 1.49 bits per heavy atom. The third kappa shape index (κ3) is 6.64. The molecule has 7 nitrogen and oxygen atoms in total. The molecule has 2 atom stereocenters. The second kappa shape index (κ2) is 13.4. The molecule has 47 heavy (non-hydrogen) atoms. The van der Waals surface area contributed by atoms with Gasteiger partial charge in [0.2, 0.25) is 5.91 Å². The number of hydrogen-bond acceptors (Lipinski definition) is 5. The predicted octanol–water partition coefficient (Wildman–Crippen LogP) is 7.30. The van der Waals surface area contributed by atoms with E-state index in [0.717, 1.165) is 30.5 Å². The number of alkyl halides is 6. The molecule has 14 heteroatoms. The lowest BCUT2D eigenvalue weighted by molar-refractivity contribution is -0.297. The van der Waals surface area contributed by atoms with Gasteiger partial charge >= 0.3 is 12.4 Å². The topological polar surface area (TPSA) is 93.1 Å². The zero-order valence-electron chi connectivity index (χ0n) is 25.7. The van der Waals surface area contributed by atoms with Gasteiger partial charge in [-0.2, -0.15) is 26.3 Å². The average Bonchev–Trinajstić information content (AvgIpc) is 3.53. The number of hydrogen-bond donors (Lipinski definition) is 0. The monoisotopic (exact) mass is 686 g/mol. The number of halogens is 6. The van der Waals surface area contributed by atoms with Crippen LogP contribution in [0, 0.1) is 16.7 Å². The van der Waals surface area contributed by atoms with Crippen molar-refractivity contribution in [1.29, 1.82) is 0 Å². The summed E-state index contributed by atoms with van der Waals surface area (Å²) in [6.45, 7) is 1.37. The Bertz CT molecular complexity index is 1490. The van der Waals surface area contributed by atoms with E-state index in [9.17, 15) is 45.0 Å². The first-order valence-corrected chi connectivity index (χ1v) is 16.8. The molecule has 0 radical (unpaired) electrons. The van der Waals surface area contributed by atoms with Gasteiger partial charge in [0.25, 0.3) is 5.91 Å². The van der Waals surface area contributed by atoms with Gasteiger partial charge in [-0.05, 0) is 86.6 Å². The normalized spacial score (nSPS) is 25.4. The van der Waals surface area contributed by atoms with E-state index in [4.69, 9.17) is 4.74 Å². The molecule has 0 spiro atoms. The first-order valence-electron chi connectivity index (χ1n) is 15.6. The number of nitroso groups, excluding NO2 is 1. The van der Waals surface area contributed by atoms with Gasteiger partial charge in [-0.15, -0.1) is 4.91 Å². The van der Waals surface area contributed by atoms with Crippen LogP contribution in [-0.2, 0) is 35.3 Å². The summed E-state index contributed by atoms with van der Waals surface area (Å²) >= 11 is 0. The predicted molar refractivity (Wildman–Crippen MR) is 161 cm³/mol. The van der Waals surface area contributed by atoms with E-state index < -0.39 is 56.6 Å². The Kier molecular flexibility index (Phi) is 10.0. The largest absolute Gasteiger partial charge is 0.406 e. The lowest BCUT2D eigenvalue weighted by Gasteiger charge is -2.35. The first kappa shape index (κ1) is 35.2. The lowest BCUT2D eigenvalue weighted by atomic mass is 9.80. The Labute approximate surface area is 270 Å². The van der Waals surface area contributed by atoms with Gasteiger partial charge in [-0.25, -0.2) is 0 Å². The Balaban J connectivity index is 1.49. The van der Waals surface area contributed by atoms with E-state index in [1.807, 2.05) is 12.1 Å². The second-order valence-corrected chi connectivity index (χ2v) is 14.7. The van der Waals surface area contributed by atoms with E-state index in [2.05, 4.69) is 5.18 Å². The van der Waals surface area contributed by atoms with E-state index in [1.165, 1.54) is 12.1 Å². The SMILES string of the molecule is CC(c1ccc(C2(S(=O)c3cccc(C4CCOCC4)c3)CCN(C(=O)C3CCC(C(=O)N=O)CC3)C2)cc1)(C(F)(F)F)C(F)(F)F. The molecule has 3 fully saturated rings. The molecule has 2 unspecified atom stereocenters. The molecule has 0 bridgehead atoms. The Hall–Kier alpha value is -3.13. The van der Waals surface area contributed by atoms with Gasteiger partial charge in [-0.3, -0.25) is 13.8 Å². The summed E-state index contributed by atoms with van der Waals surface area (Å²) in [7, 11) is -1.86. The maximum absolute atomic E-state index is 14.6. The van der Waals surface area contributed by atoms with Gasteiger partial charge < -0.3 is 9.64 Å². The van der Waals surface area contributed by atoms with E-state index in [1.54, 1.807) is 17.0 Å². The highest BCUT2D eigenvalue weighted by atomic mass is 32.2. The summed E-state index contributed by atoms with van der Waals surface area (Å²) < 4.78 is 102. The minimum Gasteiger partial charge on any atom is -0.381 e. The highest BCUT2D eigenvalue weighted by Gasteiger charge is 2.68. The van der Waals surface area contributed by atoms with Gasteiger partial charge in [-0.1, -0.05) is 36.4 Å². The zero-order valence-corrected chi connectivity index (χ0v) is 26.6. The molecular weight excluding hydrogens is 650 g/mol. The number of likely N-dealkylation sites (tertiary alicyclic amines) is 1. The molecule has 0 N–H and O–H groups in total. The Morgan fingerprint density at radius 3 is 2.06 bits per heavy atom. The summed E-state index contributed by atoms with van der Waals surface area (Å²) in [6.07, 6.45) is -8.19. The number of ether oxygens (including phenoxy) is 1.